The molecule has 31 nitrogen and oxygen atoms in total. The van der Waals surface area contributed by atoms with Crippen molar-refractivity contribution in [2.75, 3.05) is 46.6 Å². The summed E-state index contributed by atoms with van der Waals surface area (Å²) in [5, 5.41) is 151. The number of hydrogen-bond donors (Lipinski definition) is 17. The van der Waals surface area contributed by atoms with Gasteiger partial charge >= 0.3 is 0 Å². The Morgan fingerprint density at radius 1 is 0.453 bits per heavy atom. The highest BCUT2D eigenvalue weighted by Gasteiger charge is 2.57. The Balaban J connectivity index is 1.33. The number of hydrogen-bond acceptors (Lipinski definition) is 27. The molecule has 5 saturated heterocycles. The third kappa shape index (κ3) is 15.8. The van der Waals surface area contributed by atoms with Gasteiger partial charge in [0.1, 0.15) is 116 Å². The first-order valence-corrected chi connectivity index (χ1v) is 24.7. The van der Waals surface area contributed by atoms with E-state index >= 15 is 0 Å². The van der Waals surface area contributed by atoms with Crippen LogP contribution < -0.4 is 21.3 Å². The molecule has 0 radical (unpaired) electrons. The molecule has 0 spiro atoms. The van der Waals surface area contributed by atoms with Gasteiger partial charge in [0.25, 0.3) is 0 Å². The molecule has 0 bridgehead atoms. The zero-order valence-electron chi connectivity index (χ0n) is 41.7. The third-order valence-electron chi connectivity index (χ3n) is 13.3. The van der Waals surface area contributed by atoms with Crippen molar-refractivity contribution < 1.29 is 133 Å². The lowest BCUT2D eigenvalue weighted by Gasteiger charge is -2.51. The second kappa shape index (κ2) is 29.3. The van der Waals surface area contributed by atoms with E-state index in [1.54, 1.807) is 0 Å². The Morgan fingerprint density at radius 2 is 0.947 bits per heavy atom. The summed E-state index contributed by atoms with van der Waals surface area (Å²) in [6.07, 6.45) is -39.7. The van der Waals surface area contributed by atoms with Crippen molar-refractivity contribution in [1.29, 1.82) is 0 Å². The van der Waals surface area contributed by atoms with Gasteiger partial charge in [-0.2, -0.15) is 0 Å². The molecule has 0 aromatic rings. The molecule has 31 heteroatoms. The second-order valence-electron chi connectivity index (χ2n) is 18.8. The molecular weight excluding hydrogens is 1020 g/mol. The predicted molar refractivity (Wildman–Crippen MR) is 242 cm³/mol. The maximum atomic E-state index is 12.8. The van der Waals surface area contributed by atoms with Crippen LogP contribution >= 0.6 is 0 Å². The number of ether oxygens (including phenoxy) is 10. The average Bonchev–Trinajstić information content (AvgIpc) is 3.37. The van der Waals surface area contributed by atoms with Crippen molar-refractivity contribution in [3.63, 3.8) is 0 Å². The Kier molecular flexibility index (Phi) is 24.5. The highest BCUT2D eigenvalue weighted by atomic mass is 16.8. The number of rotatable bonds is 24. The zero-order chi connectivity index (χ0) is 55.4. The molecule has 5 aliphatic rings. The van der Waals surface area contributed by atoms with Crippen LogP contribution in [0.5, 0.6) is 0 Å². The van der Waals surface area contributed by atoms with E-state index in [2.05, 4.69) is 21.3 Å². The largest absolute Gasteiger partial charge is 0.394 e. The van der Waals surface area contributed by atoms with Crippen LogP contribution in [0.3, 0.4) is 0 Å². The van der Waals surface area contributed by atoms with E-state index in [0.717, 1.165) is 13.8 Å². The molecule has 10 unspecified atom stereocenters. The molecule has 5 rings (SSSR count). The van der Waals surface area contributed by atoms with E-state index < -0.39 is 192 Å². The van der Waals surface area contributed by atoms with Crippen molar-refractivity contribution in [3.05, 3.63) is 0 Å². The fourth-order valence-corrected chi connectivity index (χ4v) is 9.17. The Morgan fingerprint density at radius 3 is 1.55 bits per heavy atom. The summed E-state index contributed by atoms with van der Waals surface area (Å²) >= 11 is 0. The molecule has 0 aromatic carbocycles. The summed E-state index contributed by atoms with van der Waals surface area (Å²) < 4.78 is 58.6. The lowest BCUT2D eigenvalue weighted by Crippen LogP contribution is -2.70. The summed E-state index contributed by atoms with van der Waals surface area (Å²) in [5.41, 5.74) is 0. The molecule has 0 aromatic heterocycles. The maximum Gasteiger partial charge on any atom is 0.219 e. The molecule has 17 N–H and O–H groups in total. The predicted octanol–water partition coefficient (Wildman–Crippen LogP) is -9.77. The molecule has 25 atom stereocenters. The number of aliphatic hydroxyl groups excluding tert-OH is 13. The van der Waals surface area contributed by atoms with E-state index in [4.69, 9.17) is 47.4 Å². The SMILES string of the molecule is CNC(=O)CCCCC(=O)NCCCO[C@@H]1OC(CO)[C@H](O[C@@H]2OC(CO)[C@H](O)[C@H](O[C@@H]3OC(CO)[C@H](O)[C@H](O[C@@H]4OC(CO)[C@H](O)[C@H](O)C4O[C@@H]4OC(C)[C@H](O)[C@@H](O)C4O)C3NC(C)=O)C2O)[C@H](O)C1NC(C)=O. The Labute approximate surface area is 430 Å². The van der Waals surface area contributed by atoms with Crippen LogP contribution in [0.15, 0.2) is 0 Å². The van der Waals surface area contributed by atoms with E-state index in [1.165, 1.54) is 14.0 Å². The lowest BCUT2D eigenvalue weighted by atomic mass is 9.94. The van der Waals surface area contributed by atoms with Crippen molar-refractivity contribution in [3.8, 4) is 0 Å². The van der Waals surface area contributed by atoms with Crippen LogP contribution in [0.25, 0.3) is 0 Å². The Hall–Kier alpha value is -3.04. The highest BCUT2D eigenvalue weighted by Crippen LogP contribution is 2.36. The van der Waals surface area contributed by atoms with Gasteiger partial charge in [0.05, 0.1) is 39.1 Å². The van der Waals surface area contributed by atoms with Crippen LogP contribution in [-0.2, 0) is 66.5 Å². The van der Waals surface area contributed by atoms with Gasteiger partial charge in [0.15, 0.2) is 31.5 Å². The van der Waals surface area contributed by atoms with Crippen LogP contribution in [-0.4, -0.2) is 290 Å². The van der Waals surface area contributed by atoms with E-state index in [0.29, 0.717) is 12.8 Å². The first kappa shape index (κ1) is 62.8. The Bertz CT molecular complexity index is 1800. The quantitative estimate of drug-likeness (QED) is 0.0399. The molecule has 4 amide bonds. The number of nitrogens with one attached hydrogen (secondary N) is 4. The fraction of sp³-hybridized carbons (Fsp3) is 0.909. The summed E-state index contributed by atoms with van der Waals surface area (Å²) in [5.74, 6) is -1.89. The number of unbranched alkanes of at least 4 members (excludes halogenated alkanes) is 1. The van der Waals surface area contributed by atoms with Crippen molar-refractivity contribution in [2.45, 2.75) is 206 Å². The van der Waals surface area contributed by atoms with Crippen LogP contribution in [0, 0.1) is 0 Å². The summed E-state index contributed by atoms with van der Waals surface area (Å²) in [6.45, 7) is -0.181. The smallest absolute Gasteiger partial charge is 0.219 e. The lowest BCUT2D eigenvalue weighted by molar-refractivity contribution is -0.389. The third-order valence-corrected chi connectivity index (χ3v) is 13.3. The molecule has 5 fully saturated rings. The van der Waals surface area contributed by atoms with Crippen molar-refractivity contribution >= 4 is 23.6 Å². The number of amides is 4. The average molecular weight is 1090 g/mol. The number of carbonyl (C=O) groups excluding carboxylic acids is 4. The molecule has 75 heavy (non-hydrogen) atoms. The fourth-order valence-electron chi connectivity index (χ4n) is 9.17. The molecule has 0 saturated carbocycles. The van der Waals surface area contributed by atoms with Crippen LogP contribution in [0.1, 0.15) is 52.9 Å². The summed E-state index contributed by atoms with van der Waals surface area (Å²) in [4.78, 5) is 48.9. The van der Waals surface area contributed by atoms with Crippen molar-refractivity contribution in [1.82, 2.24) is 21.3 Å². The topological polar surface area (TPSA) is 472 Å². The van der Waals surface area contributed by atoms with Gasteiger partial charge < -0.3 is 135 Å². The van der Waals surface area contributed by atoms with Gasteiger partial charge in [-0.1, -0.05) is 0 Å². The minimum absolute atomic E-state index is 0.0810. The minimum Gasteiger partial charge on any atom is -0.394 e. The first-order chi connectivity index (χ1) is 35.6. The van der Waals surface area contributed by atoms with Crippen LogP contribution in [0.2, 0.25) is 0 Å². The molecular formula is C44H76N4O27. The van der Waals surface area contributed by atoms with Gasteiger partial charge in [0.2, 0.25) is 23.6 Å². The van der Waals surface area contributed by atoms with E-state index in [1.807, 2.05) is 0 Å². The normalized spacial score (nSPS) is 42.3. The van der Waals surface area contributed by atoms with Gasteiger partial charge in [-0.25, -0.2) is 0 Å². The van der Waals surface area contributed by atoms with E-state index in [-0.39, 0.29) is 44.2 Å². The van der Waals surface area contributed by atoms with Gasteiger partial charge in [0, 0.05) is 40.3 Å². The summed E-state index contributed by atoms with van der Waals surface area (Å²) in [6, 6.07) is -3.15. The van der Waals surface area contributed by atoms with E-state index in [9.17, 15) is 85.6 Å². The second-order valence-corrected chi connectivity index (χ2v) is 18.8. The molecule has 434 valence electrons. The zero-order valence-corrected chi connectivity index (χ0v) is 41.7. The van der Waals surface area contributed by atoms with Gasteiger partial charge in [-0.05, 0) is 26.2 Å². The molecule has 5 heterocycles. The van der Waals surface area contributed by atoms with Crippen molar-refractivity contribution in [2.24, 2.45) is 0 Å². The summed E-state index contributed by atoms with van der Waals surface area (Å²) in [7, 11) is 1.52. The van der Waals surface area contributed by atoms with Gasteiger partial charge in [-0.3, -0.25) is 19.2 Å². The maximum absolute atomic E-state index is 12.8. The number of carbonyl (C=O) groups is 4. The standard InChI is InChI=1S/C44H76N4O27/c1-16-27(57)32(62)34(64)42(67-16)75-39-33(63)28(58)19(12-49)70-44(39)73-37-26(48-18(3)54)41(68-20(13-50)29(37)59)74-38-30(60)21(14-51)69-43(35(38)65)72-36-22(15-52)71-40(25(31(36)61)47-17(2)53)66-11-7-10-46-24(56)9-6-5-8-23(55)45-4/h16,19-22,25-44,49-52,57-65H,5-15H2,1-4H3,(H,45,55)(H,46,56)(H,47,53)(H,48,54)/t16?,19?,20?,21?,22?,25?,26?,27-,28-,29-,30-,31+,32+,33-,34?,35?,36-,37+,38-,39?,40+,41-,42-,43-,44-/m0/s1. The minimum atomic E-state index is -2.14. The monoisotopic (exact) mass is 1090 g/mol. The number of aliphatic hydroxyl groups is 13. The first-order valence-electron chi connectivity index (χ1n) is 24.7. The molecule has 0 aliphatic carbocycles. The highest BCUT2D eigenvalue weighted by molar-refractivity contribution is 5.77. The van der Waals surface area contributed by atoms with Gasteiger partial charge in [-0.15, -0.1) is 0 Å². The van der Waals surface area contributed by atoms with Crippen LogP contribution in [0.4, 0.5) is 0 Å². The molecule has 5 aliphatic heterocycles.